The Balaban J connectivity index is 2.21. The zero-order valence-corrected chi connectivity index (χ0v) is 12.9. The maximum Gasteiger partial charge on any atom is 0.255 e. The number of hydrogen-bond donors (Lipinski definition) is 1. The van der Waals surface area contributed by atoms with E-state index in [0.29, 0.717) is 28.6 Å². The highest BCUT2D eigenvalue weighted by Gasteiger charge is 2.11. The molecule has 0 aliphatic carbocycles. The lowest BCUT2D eigenvalue weighted by atomic mass is 10.2. The molecule has 6 heteroatoms. The number of hydrogen-bond acceptors (Lipinski definition) is 3. The Kier molecular flexibility index (Phi) is 5.42. The molecule has 0 bridgehead atoms. The average Bonchev–Trinajstić information content (AvgIpc) is 2.46. The van der Waals surface area contributed by atoms with Crippen molar-refractivity contribution in [2.75, 3.05) is 11.9 Å². The van der Waals surface area contributed by atoms with Crippen LogP contribution in [0.15, 0.2) is 36.5 Å². The van der Waals surface area contributed by atoms with Crippen LogP contribution < -0.4 is 10.1 Å². The normalized spacial score (nSPS) is 10.2. The van der Waals surface area contributed by atoms with E-state index in [-0.39, 0.29) is 11.1 Å². The number of aromatic nitrogens is 1. The molecular formula is C15H14Cl2N2O2. The van der Waals surface area contributed by atoms with Gasteiger partial charge in [0.2, 0.25) is 0 Å². The van der Waals surface area contributed by atoms with Crippen LogP contribution in [0, 0.1) is 0 Å². The first-order chi connectivity index (χ1) is 10.1. The van der Waals surface area contributed by atoms with Gasteiger partial charge in [0.25, 0.3) is 5.91 Å². The molecule has 0 saturated heterocycles. The van der Waals surface area contributed by atoms with Crippen molar-refractivity contribution in [2.45, 2.75) is 13.3 Å². The second kappa shape index (κ2) is 7.29. The molecule has 0 aliphatic heterocycles. The van der Waals surface area contributed by atoms with Gasteiger partial charge in [-0.1, -0.05) is 30.1 Å². The van der Waals surface area contributed by atoms with Crippen molar-refractivity contribution < 1.29 is 9.53 Å². The van der Waals surface area contributed by atoms with Gasteiger partial charge in [-0.05, 0) is 36.8 Å². The Labute approximate surface area is 133 Å². The molecule has 21 heavy (non-hydrogen) atoms. The summed E-state index contributed by atoms with van der Waals surface area (Å²) >= 11 is 11.7. The standard InChI is InChI=1S/C15H14Cl2N2O2/c1-2-7-21-13-4-3-11(16)9-12(13)19-15(20)10-5-6-18-14(17)8-10/h3-6,8-9H,2,7H2,1H3,(H,19,20). The number of rotatable bonds is 5. The summed E-state index contributed by atoms with van der Waals surface area (Å²) in [5.74, 6) is 0.276. The number of halogens is 2. The topological polar surface area (TPSA) is 51.2 Å². The van der Waals surface area contributed by atoms with Crippen molar-refractivity contribution in [3.05, 3.63) is 52.3 Å². The Hall–Kier alpha value is -1.78. The van der Waals surface area contributed by atoms with Crippen LogP contribution in [-0.2, 0) is 0 Å². The third kappa shape index (κ3) is 4.34. The first kappa shape index (κ1) is 15.6. The van der Waals surface area contributed by atoms with Crippen molar-refractivity contribution in [1.29, 1.82) is 0 Å². The van der Waals surface area contributed by atoms with Crippen LogP contribution in [0.25, 0.3) is 0 Å². The monoisotopic (exact) mass is 324 g/mol. The SMILES string of the molecule is CCCOc1ccc(Cl)cc1NC(=O)c1ccnc(Cl)c1. The molecule has 4 nitrogen and oxygen atoms in total. The predicted octanol–water partition coefficient (Wildman–Crippen LogP) is 4.43. The second-order valence-corrected chi connectivity index (χ2v) is 5.13. The van der Waals surface area contributed by atoms with Gasteiger partial charge in [-0.3, -0.25) is 4.79 Å². The summed E-state index contributed by atoms with van der Waals surface area (Å²) in [6.07, 6.45) is 2.35. The van der Waals surface area contributed by atoms with Crippen LogP contribution in [0.4, 0.5) is 5.69 Å². The van der Waals surface area contributed by atoms with Crippen LogP contribution in [0.5, 0.6) is 5.75 Å². The van der Waals surface area contributed by atoms with Gasteiger partial charge >= 0.3 is 0 Å². The molecule has 2 rings (SSSR count). The minimum absolute atomic E-state index is 0.260. The molecule has 0 spiro atoms. The van der Waals surface area contributed by atoms with Gasteiger partial charge in [0, 0.05) is 16.8 Å². The van der Waals surface area contributed by atoms with Crippen molar-refractivity contribution in [1.82, 2.24) is 4.98 Å². The lowest BCUT2D eigenvalue weighted by Crippen LogP contribution is -2.13. The number of benzene rings is 1. The van der Waals surface area contributed by atoms with Crippen molar-refractivity contribution in [3.63, 3.8) is 0 Å². The molecule has 1 heterocycles. The molecular weight excluding hydrogens is 311 g/mol. The van der Waals surface area contributed by atoms with E-state index in [9.17, 15) is 4.79 Å². The summed E-state index contributed by atoms with van der Waals surface area (Å²) in [6, 6.07) is 8.16. The van der Waals surface area contributed by atoms with E-state index in [1.165, 1.54) is 12.3 Å². The van der Waals surface area contributed by atoms with Gasteiger partial charge in [0.1, 0.15) is 10.9 Å². The van der Waals surface area contributed by atoms with Gasteiger partial charge in [0.15, 0.2) is 0 Å². The quantitative estimate of drug-likeness (QED) is 0.828. The highest BCUT2D eigenvalue weighted by Crippen LogP contribution is 2.28. The molecule has 0 radical (unpaired) electrons. The minimum atomic E-state index is -0.303. The smallest absolute Gasteiger partial charge is 0.255 e. The maximum atomic E-state index is 12.2. The van der Waals surface area contributed by atoms with Crippen LogP contribution in [0.3, 0.4) is 0 Å². The molecule has 1 aromatic heterocycles. The molecule has 0 fully saturated rings. The van der Waals surface area contributed by atoms with Gasteiger partial charge in [-0.2, -0.15) is 0 Å². The highest BCUT2D eigenvalue weighted by atomic mass is 35.5. The van der Waals surface area contributed by atoms with Crippen LogP contribution in [-0.4, -0.2) is 17.5 Å². The molecule has 1 N–H and O–H groups in total. The van der Waals surface area contributed by atoms with Crippen LogP contribution >= 0.6 is 23.2 Å². The average molecular weight is 325 g/mol. The molecule has 2 aromatic rings. The van der Waals surface area contributed by atoms with E-state index in [0.717, 1.165) is 6.42 Å². The highest BCUT2D eigenvalue weighted by molar-refractivity contribution is 6.31. The molecule has 110 valence electrons. The molecule has 0 unspecified atom stereocenters. The van der Waals surface area contributed by atoms with Gasteiger partial charge in [-0.25, -0.2) is 4.98 Å². The third-order valence-corrected chi connectivity index (χ3v) is 3.08. The number of amides is 1. The van der Waals surface area contributed by atoms with E-state index in [1.807, 2.05) is 6.92 Å². The Morgan fingerprint density at radius 3 is 2.81 bits per heavy atom. The predicted molar refractivity (Wildman–Crippen MR) is 84.4 cm³/mol. The fourth-order valence-electron chi connectivity index (χ4n) is 1.68. The number of nitrogens with zero attached hydrogens (tertiary/aromatic N) is 1. The van der Waals surface area contributed by atoms with Crippen LogP contribution in [0.2, 0.25) is 10.2 Å². The Morgan fingerprint density at radius 1 is 1.29 bits per heavy atom. The summed E-state index contributed by atoms with van der Waals surface area (Å²) in [4.78, 5) is 16.0. The summed E-state index contributed by atoms with van der Waals surface area (Å²) in [5, 5.41) is 3.54. The second-order valence-electron chi connectivity index (χ2n) is 4.31. The summed E-state index contributed by atoms with van der Waals surface area (Å²) in [6.45, 7) is 2.57. The van der Waals surface area contributed by atoms with E-state index in [4.69, 9.17) is 27.9 Å². The molecule has 0 aliphatic rings. The number of nitrogens with one attached hydrogen (secondary N) is 1. The summed E-state index contributed by atoms with van der Waals surface area (Å²) in [7, 11) is 0. The molecule has 1 amide bonds. The lowest BCUT2D eigenvalue weighted by Gasteiger charge is -2.12. The lowest BCUT2D eigenvalue weighted by molar-refractivity contribution is 0.102. The summed E-state index contributed by atoms with van der Waals surface area (Å²) in [5.41, 5.74) is 0.935. The Bertz CT molecular complexity index is 647. The van der Waals surface area contributed by atoms with E-state index >= 15 is 0 Å². The first-order valence-corrected chi connectivity index (χ1v) is 7.21. The fraction of sp³-hybridized carbons (Fsp3) is 0.200. The molecule has 0 atom stereocenters. The molecule has 1 aromatic carbocycles. The van der Waals surface area contributed by atoms with Crippen LogP contribution in [0.1, 0.15) is 23.7 Å². The van der Waals surface area contributed by atoms with Gasteiger partial charge in [0.05, 0.1) is 12.3 Å². The molecule has 0 saturated carbocycles. The number of pyridine rings is 1. The van der Waals surface area contributed by atoms with E-state index in [2.05, 4.69) is 10.3 Å². The summed E-state index contributed by atoms with van der Waals surface area (Å²) < 4.78 is 5.59. The zero-order valence-electron chi connectivity index (χ0n) is 11.4. The zero-order chi connectivity index (χ0) is 15.2. The van der Waals surface area contributed by atoms with Crippen molar-refractivity contribution in [3.8, 4) is 5.75 Å². The van der Waals surface area contributed by atoms with Crippen molar-refractivity contribution >= 4 is 34.8 Å². The van der Waals surface area contributed by atoms with Gasteiger partial charge < -0.3 is 10.1 Å². The van der Waals surface area contributed by atoms with E-state index in [1.54, 1.807) is 24.3 Å². The first-order valence-electron chi connectivity index (χ1n) is 6.45. The number of anilines is 1. The fourth-order valence-corrected chi connectivity index (χ4v) is 2.02. The van der Waals surface area contributed by atoms with Crippen molar-refractivity contribution in [2.24, 2.45) is 0 Å². The number of ether oxygens (including phenoxy) is 1. The largest absolute Gasteiger partial charge is 0.491 e. The van der Waals surface area contributed by atoms with Gasteiger partial charge in [-0.15, -0.1) is 0 Å². The third-order valence-electron chi connectivity index (χ3n) is 2.64. The number of carbonyl (C=O) groups is 1. The Morgan fingerprint density at radius 2 is 2.10 bits per heavy atom. The maximum absolute atomic E-state index is 12.2. The van der Waals surface area contributed by atoms with E-state index < -0.39 is 0 Å². The number of carbonyl (C=O) groups excluding carboxylic acids is 1. The minimum Gasteiger partial charge on any atom is -0.491 e.